The van der Waals surface area contributed by atoms with E-state index in [4.69, 9.17) is 19.6 Å². The number of fused-ring (bicyclic) bond motifs is 1. The fourth-order valence-electron chi connectivity index (χ4n) is 2.51. The molecule has 0 radical (unpaired) electrons. The summed E-state index contributed by atoms with van der Waals surface area (Å²) in [5, 5.41) is 3.28. The molecule has 0 aliphatic carbocycles. The van der Waals surface area contributed by atoms with Crippen molar-refractivity contribution in [3.8, 4) is 11.5 Å². The molecule has 0 unspecified atom stereocenters. The summed E-state index contributed by atoms with van der Waals surface area (Å²) in [6.45, 7) is 0. The van der Waals surface area contributed by atoms with E-state index >= 15 is 0 Å². The van der Waals surface area contributed by atoms with Crippen LogP contribution in [0.15, 0.2) is 46.9 Å². The molecule has 2 aromatic carbocycles. The van der Waals surface area contributed by atoms with E-state index in [-0.39, 0.29) is 11.4 Å². The van der Waals surface area contributed by atoms with E-state index in [2.05, 4.69) is 5.32 Å². The van der Waals surface area contributed by atoms with Crippen LogP contribution in [-0.4, -0.2) is 26.0 Å². The van der Waals surface area contributed by atoms with Gasteiger partial charge in [-0.3, -0.25) is 9.59 Å². The summed E-state index contributed by atoms with van der Waals surface area (Å²) in [4.78, 5) is 24.2. The highest BCUT2D eigenvalue weighted by Gasteiger charge is 2.21. The van der Waals surface area contributed by atoms with Crippen LogP contribution in [0.3, 0.4) is 0 Å². The lowest BCUT2D eigenvalue weighted by Crippen LogP contribution is -2.17. The minimum atomic E-state index is -0.765. The summed E-state index contributed by atoms with van der Waals surface area (Å²) in [6.07, 6.45) is 0. The number of anilines is 1. The minimum Gasteiger partial charge on any atom is -0.493 e. The molecule has 3 N–H and O–H groups in total. The highest BCUT2D eigenvalue weighted by atomic mass is 16.5. The number of carbonyl (C=O) groups excluding carboxylic acids is 2. The SMILES string of the molecule is COc1ccc(C(=O)Nc2c(C(N)=O)oc3ccccc23)cc1OC. The Morgan fingerprint density at radius 2 is 1.76 bits per heavy atom. The van der Waals surface area contributed by atoms with Gasteiger partial charge < -0.3 is 24.9 Å². The summed E-state index contributed by atoms with van der Waals surface area (Å²) in [5.41, 5.74) is 6.38. The lowest BCUT2D eigenvalue weighted by molar-refractivity contribution is 0.0977. The number of furan rings is 1. The zero-order valence-electron chi connectivity index (χ0n) is 13.7. The number of nitrogens with one attached hydrogen (secondary N) is 1. The lowest BCUT2D eigenvalue weighted by atomic mass is 10.1. The number of hydrogen-bond acceptors (Lipinski definition) is 5. The Morgan fingerprint density at radius 3 is 2.44 bits per heavy atom. The van der Waals surface area contributed by atoms with Gasteiger partial charge in [0, 0.05) is 10.9 Å². The molecular formula is C18H16N2O5. The average Bonchev–Trinajstić information content (AvgIpc) is 3.00. The minimum absolute atomic E-state index is 0.102. The van der Waals surface area contributed by atoms with Crippen molar-refractivity contribution in [1.29, 1.82) is 0 Å². The largest absolute Gasteiger partial charge is 0.493 e. The second kappa shape index (κ2) is 6.56. The Morgan fingerprint density at radius 1 is 1.04 bits per heavy atom. The van der Waals surface area contributed by atoms with Crippen LogP contribution in [0.25, 0.3) is 11.0 Å². The topological polar surface area (TPSA) is 104 Å². The molecule has 7 heteroatoms. The summed E-state index contributed by atoms with van der Waals surface area (Å²) < 4.78 is 15.8. The van der Waals surface area contributed by atoms with Crippen molar-refractivity contribution >= 4 is 28.5 Å². The van der Waals surface area contributed by atoms with Crippen LogP contribution in [-0.2, 0) is 0 Å². The monoisotopic (exact) mass is 340 g/mol. The molecule has 0 aliphatic heterocycles. The molecule has 0 fully saturated rings. The van der Waals surface area contributed by atoms with Crippen LogP contribution in [0.1, 0.15) is 20.9 Å². The standard InChI is InChI=1S/C18H16N2O5/c1-23-13-8-7-10(9-14(13)24-2)18(22)20-15-11-5-3-4-6-12(11)25-16(15)17(19)21/h3-9H,1-2H3,(H2,19,21)(H,20,22). The first-order chi connectivity index (χ1) is 12.0. The third kappa shape index (κ3) is 2.99. The number of carbonyl (C=O) groups is 2. The van der Waals surface area contributed by atoms with Crippen molar-refractivity contribution in [3.05, 3.63) is 53.8 Å². The molecule has 0 atom stereocenters. The molecule has 0 aliphatic rings. The molecule has 25 heavy (non-hydrogen) atoms. The van der Waals surface area contributed by atoms with Crippen molar-refractivity contribution < 1.29 is 23.5 Å². The Kier molecular flexibility index (Phi) is 4.30. The highest BCUT2D eigenvalue weighted by molar-refractivity contribution is 6.14. The zero-order valence-corrected chi connectivity index (χ0v) is 13.7. The quantitative estimate of drug-likeness (QED) is 0.743. The van der Waals surface area contributed by atoms with E-state index in [1.54, 1.807) is 42.5 Å². The summed E-state index contributed by atoms with van der Waals surface area (Å²) in [5.74, 6) is -0.378. The van der Waals surface area contributed by atoms with Crippen molar-refractivity contribution in [3.63, 3.8) is 0 Å². The molecule has 7 nitrogen and oxygen atoms in total. The van der Waals surface area contributed by atoms with Gasteiger partial charge in [0.1, 0.15) is 11.3 Å². The van der Waals surface area contributed by atoms with Gasteiger partial charge in [0.15, 0.2) is 11.5 Å². The van der Waals surface area contributed by atoms with E-state index in [9.17, 15) is 9.59 Å². The van der Waals surface area contributed by atoms with Gasteiger partial charge in [-0.2, -0.15) is 0 Å². The van der Waals surface area contributed by atoms with Gasteiger partial charge >= 0.3 is 0 Å². The van der Waals surface area contributed by atoms with Crippen molar-refractivity contribution in [2.75, 3.05) is 19.5 Å². The average molecular weight is 340 g/mol. The first-order valence-electron chi connectivity index (χ1n) is 7.40. The van der Waals surface area contributed by atoms with Gasteiger partial charge in [0.2, 0.25) is 5.76 Å². The number of hydrogen-bond donors (Lipinski definition) is 2. The van der Waals surface area contributed by atoms with Crippen LogP contribution in [0.2, 0.25) is 0 Å². The number of nitrogens with two attached hydrogens (primary N) is 1. The predicted octanol–water partition coefficient (Wildman–Crippen LogP) is 2.80. The first kappa shape index (κ1) is 16.4. The molecule has 0 saturated carbocycles. The molecule has 0 saturated heterocycles. The lowest BCUT2D eigenvalue weighted by Gasteiger charge is -2.10. The molecule has 3 rings (SSSR count). The van der Waals surface area contributed by atoms with E-state index in [1.807, 2.05) is 0 Å². The highest BCUT2D eigenvalue weighted by Crippen LogP contribution is 2.32. The van der Waals surface area contributed by atoms with E-state index in [1.165, 1.54) is 14.2 Å². The maximum atomic E-state index is 12.6. The third-order valence-electron chi connectivity index (χ3n) is 3.70. The van der Waals surface area contributed by atoms with Gasteiger partial charge in [0.05, 0.1) is 14.2 Å². The fourth-order valence-corrected chi connectivity index (χ4v) is 2.51. The van der Waals surface area contributed by atoms with Crippen molar-refractivity contribution in [1.82, 2.24) is 0 Å². The van der Waals surface area contributed by atoms with Crippen LogP contribution in [0, 0.1) is 0 Å². The van der Waals surface area contributed by atoms with Crippen LogP contribution in [0.4, 0.5) is 5.69 Å². The van der Waals surface area contributed by atoms with Crippen molar-refractivity contribution in [2.45, 2.75) is 0 Å². The van der Waals surface area contributed by atoms with E-state index in [0.717, 1.165) is 0 Å². The number of para-hydroxylation sites is 1. The number of rotatable bonds is 5. The fraction of sp³-hybridized carbons (Fsp3) is 0.111. The number of benzene rings is 2. The van der Waals surface area contributed by atoms with E-state index < -0.39 is 11.8 Å². The number of methoxy groups -OCH3 is 2. The zero-order chi connectivity index (χ0) is 18.0. The summed E-state index contributed by atoms with van der Waals surface area (Å²) >= 11 is 0. The maximum absolute atomic E-state index is 12.6. The Labute approximate surface area is 143 Å². The summed E-state index contributed by atoms with van der Waals surface area (Å²) in [6, 6.07) is 11.7. The van der Waals surface area contributed by atoms with E-state index in [0.29, 0.717) is 28.0 Å². The smallest absolute Gasteiger partial charge is 0.286 e. The molecular weight excluding hydrogens is 324 g/mol. The van der Waals surface area contributed by atoms with Crippen LogP contribution >= 0.6 is 0 Å². The van der Waals surface area contributed by atoms with Crippen LogP contribution < -0.4 is 20.5 Å². The second-order valence-corrected chi connectivity index (χ2v) is 5.19. The predicted molar refractivity (Wildman–Crippen MR) is 92.2 cm³/mol. The number of primary amides is 1. The molecule has 0 bridgehead atoms. The van der Waals surface area contributed by atoms with Crippen molar-refractivity contribution in [2.24, 2.45) is 5.73 Å². The Hall–Kier alpha value is -3.48. The number of ether oxygens (including phenoxy) is 2. The number of amides is 2. The van der Waals surface area contributed by atoms with Crippen LogP contribution in [0.5, 0.6) is 11.5 Å². The van der Waals surface area contributed by atoms with Gasteiger partial charge in [-0.25, -0.2) is 0 Å². The normalized spacial score (nSPS) is 10.5. The molecule has 1 heterocycles. The Balaban J connectivity index is 2.00. The molecule has 128 valence electrons. The summed E-state index contributed by atoms with van der Waals surface area (Å²) in [7, 11) is 2.99. The second-order valence-electron chi connectivity index (χ2n) is 5.19. The molecule has 0 spiro atoms. The molecule has 1 aromatic heterocycles. The molecule has 3 aromatic rings. The Bertz CT molecular complexity index is 961. The van der Waals surface area contributed by atoms with Gasteiger partial charge in [0.25, 0.3) is 11.8 Å². The first-order valence-corrected chi connectivity index (χ1v) is 7.40. The van der Waals surface area contributed by atoms with Gasteiger partial charge in [-0.1, -0.05) is 12.1 Å². The maximum Gasteiger partial charge on any atom is 0.286 e. The molecule has 2 amide bonds. The van der Waals surface area contributed by atoms with Gasteiger partial charge in [-0.15, -0.1) is 0 Å². The van der Waals surface area contributed by atoms with Gasteiger partial charge in [-0.05, 0) is 30.3 Å². The third-order valence-corrected chi connectivity index (χ3v) is 3.70.